The number of benzene rings is 1. The van der Waals surface area contributed by atoms with Gasteiger partial charge in [0.2, 0.25) is 0 Å². The van der Waals surface area contributed by atoms with Gasteiger partial charge in [-0.25, -0.2) is 0 Å². The maximum Gasteiger partial charge on any atom is 0.171 e. The zero-order valence-electron chi connectivity index (χ0n) is 8.64. The lowest BCUT2D eigenvalue weighted by Gasteiger charge is -2.09. The zero-order valence-corrected chi connectivity index (χ0v) is 10.3. The molecule has 0 aliphatic rings. The Kier molecular flexibility index (Phi) is 3.91. The first-order chi connectivity index (χ1) is 7.84. The Morgan fingerprint density at radius 1 is 1.12 bits per heavy atom. The smallest absolute Gasteiger partial charge is 0.171 e. The second-order valence-corrected chi connectivity index (χ2v) is 4.69. The molecule has 0 fully saturated rings. The highest BCUT2D eigenvalue weighted by Crippen LogP contribution is 2.08. The molecular weight excluding hydrogens is 236 g/mol. The van der Waals surface area contributed by atoms with Gasteiger partial charge in [0.25, 0.3) is 0 Å². The van der Waals surface area contributed by atoms with Crippen molar-refractivity contribution in [1.82, 2.24) is 5.32 Å². The van der Waals surface area contributed by atoms with Gasteiger partial charge in [-0.3, -0.25) is 0 Å². The highest BCUT2D eigenvalue weighted by molar-refractivity contribution is 7.80. The normalized spacial score (nSPS) is 9.75. The predicted molar refractivity (Wildman–Crippen MR) is 73.8 cm³/mol. The standard InChI is InChI=1S/C12H12N2S2/c15-12(13-9-11-7-4-8-16-11)14-10-5-2-1-3-6-10/h1-8H,9H2,(H2,13,14,15). The molecule has 0 saturated heterocycles. The average Bonchev–Trinajstić information content (AvgIpc) is 2.81. The minimum atomic E-state index is 0.652. The molecule has 0 aliphatic carbocycles. The Balaban J connectivity index is 1.81. The number of rotatable bonds is 3. The minimum absolute atomic E-state index is 0.652. The van der Waals surface area contributed by atoms with Crippen LogP contribution in [-0.2, 0) is 6.54 Å². The monoisotopic (exact) mass is 248 g/mol. The van der Waals surface area contributed by atoms with E-state index in [-0.39, 0.29) is 0 Å². The van der Waals surface area contributed by atoms with Crippen LogP contribution in [0.3, 0.4) is 0 Å². The Hall–Kier alpha value is -1.39. The van der Waals surface area contributed by atoms with Crippen molar-refractivity contribution in [3.63, 3.8) is 0 Å². The molecule has 0 bridgehead atoms. The van der Waals surface area contributed by atoms with Gasteiger partial charge in [-0.2, -0.15) is 0 Å². The van der Waals surface area contributed by atoms with Crippen molar-refractivity contribution >= 4 is 34.4 Å². The number of para-hydroxylation sites is 1. The second kappa shape index (κ2) is 5.63. The first-order valence-electron chi connectivity index (χ1n) is 4.97. The van der Waals surface area contributed by atoms with E-state index in [1.165, 1.54) is 4.88 Å². The van der Waals surface area contributed by atoms with Gasteiger partial charge in [-0.15, -0.1) is 11.3 Å². The van der Waals surface area contributed by atoms with Crippen molar-refractivity contribution in [1.29, 1.82) is 0 Å². The molecule has 0 unspecified atom stereocenters. The molecule has 0 spiro atoms. The molecule has 82 valence electrons. The minimum Gasteiger partial charge on any atom is -0.358 e. The largest absolute Gasteiger partial charge is 0.358 e. The molecule has 0 aliphatic heterocycles. The fourth-order valence-corrected chi connectivity index (χ4v) is 2.11. The molecule has 0 amide bonds. The zero-order chi connectivity index (χ0) is 11.2. The Morgan fingerprint density at radius 2 is 1.94 bits per heavy atom. The summed E-state index contributed by atoms with van der Waals surface area (Å²) in [5.41, 5.74) is 1.01. The van der Waals surface area contributed by atoms with E-state index in [0.29, 0.717) is 5.11 Å². The van der Waals surface area contributed by atoms with Crippen molar-refractivity contribution in [3.05, 3.63) is 52.7 Å². The summed E-state index contributed by atoms with van der Waals surface area (Å²) in [6, 6.07) is 14.0. The van der Waals surface area contributed by atoms with E-state index in [9.17, 15) is 0 Å². The van der Waals surface area contributed by atoms with Crippen LogP contribution in [0.5, 0.6) is 0 Å². The topological polar surface area (TPSA) is 24.1 Å². The Labute approximate surface area is 104 Å². The second-order valence-electron chi connectivity index (χ2n) is 3.25. The molecule has 1 aromatic carbocycles. The number of thiophene rings is 1. The molecule has 2 rings (SSSR count). The summed E-state index contributed by atoms with van der Waals surface area (Å²) in [5, 5.41) is 9.01. The molecular formula is C12H12N2S2. The fraction of sp³-hybridized carbons (Fsp3) is 0.0833. The van der Waals surface area contributed by atoms with Gasteiger partial charge in [0, 0.05) is 10.6 Å². The van der Waals surface area contributed by atoms with Crippen LogP contribution in [0.2, 0.25) is 0 Å². The molecule has 0 radical (unpaired) electrons. The van der Waals surface area contributed by atoms with Crippen molar-refractivity contribution in [2.24, 2.45) is 0 Å². The molecule has 2 N–H and O–H groups in total. The van der Waals surface area contributed by atoms with Crippen LogP contribution in [-0.4, -0.2) is 5.11 Å². The molecule has 2 nitrogen and oxygen atoms in total. The van der Waals surface area contributed by atoms with E-state index in [1.54, 1.807) is 11.3 Å². The summed E-state index contributed by atoms with van der Waals surface area (Å²) >= 11 is 6.91. The van der Waals surface area contributed by atoms with Crippen LogP contribution in [0.1, 0.15) is 4.88 Å². The van der Waals surface area contributed by atoms with E-state index >= 15 is 0 Å². The number of thiocarbonyl (C=S) groups is 1. The van der Waals surface area contributed by atoms with Crippen molar-refractivity contribution in [2.75, 3.05) is 5.32 Å². The highest BCUT2D eigenvalue weighted by atomic mass is 32.1. The van der Waals surface area contributed by atoms with E-state index < -0.39 is 0 Å². The molecule has 16 heavy (non-hydrogen) atoms. The average molecular weight is 248 g/mol. The van der Waals surface area contributed by atoms with E-state index in [0.717, 1.165) is 12.2 Å². The highest BCUT2D eigenvalue weighted by Gasteiger charge is 1.97. The maximum absolute atomic E-state index is 5.19. The van der Waals surface area contributed by atoms with Gasteiger partial charge in [0.15, 0.2) is 5.11 Å². The van der Waals surface area contributed by atoms with Crippen LogP contribution in [0.15, 0.2) is 47.8 Å². The van der Waals surface area contributed by atoms with E-state index in [4.69, 9.17) is 12.2 Å². The molecule has 2 aromatic rings. The third kappa shape index (κ3) is 3.32. The molecule has 4 heteroatoms. The third-order valence-electron chi connectivity index (χ3n) is 2.03. The van der Waals surface area contributed by atoms with Gasteiger partial charge in [0.05, 0.1) is 6.54 Å². The lowest BCUT2D eigenvalue weighted by Crippen LogP contribution is -2.27. The summed E-state index contributed by atoms with van der Waals surface area (Å²) in [7, 11) is 0. The Morgan fingerprint density at radius 3 is 2.62 bits per heavy atom. The number of anilines is 1. The van der Waals surface area contributed by atoms with Gasteiger partial charge in [-0.05, 0) is 35.8 Å². The third-order valence-corrected chi connectivity index (χ3v) is 3.16. The quantitative estimate of drug-likeness (QED) is 0.815. The van der Waals surface area contributed by atoms with Crippen molar-refractivity contribution < 1.29 is 0 Å². The van der Waals surface area contributed by atoms with Gasteiger partial charge in [-0.1, -0.05) is 24.3 Å². The van der Waals surface area contributed by atoms with Crippen molar-refractivity contribution in [2.45, 2.75) is 6.54 Å². The Bertz CT molecular complexity index is 437. The predicted octanol–water partition coefficient (Wildman–Crippen LogP) is 3.23. The number of hydrogen-bond acceptors (Lipinski definition) is 2. The van der Waals surface area contributed by atoms with Crippen LogP contribution >= 0.6 is 23.6 Å². The molecule has 0 saturated carbocycles. The van der Waals surface area contributed by atoms with Gasteiger partial charge >= 0.3 is 0 Å². The van der Waals surface area contributed by atoms with Gasteiger partial charge < -0.3 is 10.6 Å². The molecule has 1 aromatic heterocycles. The van der Waals surface area contributed by atoms with Crippen LogP contribution in [0.4, 0.5) is 5.69 Å². The molecule has 0 atom stereocenters. The van der Waals surface area contributed by atoms with Crippen LogP contribution in [0.25, 0.3) is 0 Å². The summed E-state index contributed by atoms with van der Waals surface area (Å²) in [6.45, 7) is 0.774. The van der Waals surface area contributed by atoms with Crippen LogP contribution in [0, 0.1) is 0 Å². The fourth-order valence-electron chi connectivity index (χ4n) is 1.28. The SMILES string of the molecule is S=C(NCc1cccs1)Nc1ccccc1. The lowest BCUT2D eigenvalue weighted by atomic mass is 10.3. The molecule has 1 heterocycles. The summed E-state index contributed by atoms with van der Waals surface area (Å²) in [5.74, 6) is 0. The van der Waals surface area contributed by atoms with Crippen molar-refractivity contribution in [3.8, 4) is 0 Å². The number of nitrogens with one attached hydrogen (secondary N) is 2. The maximum atomic E-state index is 5.19. The lowest BCUT2D eigenvalue weighted by molar-refractivity contribution is 0.946. The van der Waals surface area contributed by atoms with Crippen LogP contribution < -0.4 is 10.6 Å². The number of hydrogen-bond donors (Lipinski definition) is 2. The first-order valence-corrected chi connectivity index (χ1v) is 6.25. The van der Waals surface area contributed by atoms with E-state index in [2.05, 4.69) is 22.1 Å². The summed E-state index contributed by atoms with van der Waals surface area (Å²) in [6.07, 6.45) is 0. The summed E-state index contributed by atoms with van der Waals surface area (Å²) < 4.78 is 0. The van der Waals surface area contributed by atoms with Gasteiger partial charge in [0.1, 0.15) is 0 Å². The van der Waals surface area contributed by atoms with E-state index in [1.807, 2.05) is 36.4 Å². The first kappa shape index (κ1) is 11.1. The summed E-state index contributed by atoms with van der Waals surface area (Å²) in [4.78, 5) is 1.28.